The van der Waals surface area contributed by atoms with E-state index in [2.05, 4.69) is 15.6 Å². The van der Waals surface area contributed by atoms with Gasteiger partial charge in [0, 0.05) is 27.8 Å². The Morgan fingerprint density at radius 2 is 1.85 bits per heavy atom. The fraction of sp³-hybridized carbons (Fsp3) is 0.238. The van der Waals surface area contributed by atoms with Crippen LogP contribution in [0.15, 0.2) is 54.0 Å². The number of hydrogen-bond acceptors (Lipinski definition) is 4. The monoisotopic (exact) mass is 363 g/mol. The van der Waals surface area contributed by atoms with Gasteiger partial charge in [-0.2, -0.15) is 0 Å². The van der Waals surface area contributed by atoms with E-state index in [9.17, 15) is 4.79 Å². The number of aryl methyl sites for hydroxylation is 1. The third-order valence-corrected chi connectivity index (χ3v) is 5.74. The van der Waals surface area contributed by atoms with Crippen LogP contribution in [0.1, 0.15) is 39.3 Å². The number of hydrogen-bond donors (Lipinski definition) is 2. The van der Waals surface area contributed by atoms with Crippen LogP contribution in [0.5, 0.6) is 0 Å². The van der Waals surface area contributed by atoms with Crippen LogP contribution >= 0.6 is 11.3 Å². The summed E-state index contributed by atoms with van der Waals surface area (Å²) in [6.07, 6.45) is 6.35. The highest BCUT2D eigenvalue weighted by atomic mass is 32.1. The lowest BCUT2D eigenvalue weighted by Crippen LogP contribution is -2.14. The Balaban J connectivity index is 1.38. The second kappa shape index (κ2) is 7.70. The number of rotatable bonds is 5. The minimum atomic E-state index is -0.00130. The number of carbonyl (C=O) groups excluding carboxylic acids is 1. The van der Waals surface area contributed by atoms with Crippen molar-refractivity contribution in [2.75, 3.05) is 10.6 Å². The van der Waals surface area contributed by atoms with Crippen molar-refractivity contribution in [1.82, 2.24) is 4.98 Å². The molecule has 0 saturated heterocycles. The number of carbonyl (C=O) groups is 1. The molecule has 1 aromatic carbocycles. The van der Waals surface area contributed by atoms with Gasteiger partial charge in [-0.3, -0.25) is 9.78 Å². The Kier molecular flexibility index (Phi) is 4.97. The van der Waals surface area contributed by atoms with Gasteiger partial charge in [-0.05, 0) is 67.6 Å². The first-order chi connectivity index (χ1) is 12.8. The lowest BCUT2D eigenvalue weighted by atomic mass is 9.95. The van der Waals surface area contributed by atoms with E-state index in [0.717, 1.165) is 35.5 Å². The predicted octanol–water partition coefficient (Wildman–Crippen LogP) is 4.89. The highest BCUT2D eigenvalue weighted by Crippen LogP contribution is 2.30. The molecule has 0 spiro atoms. The molecule has 1 amide bonds. The highest BCUT2D eigenvalue weighted by molar-refractivity contribution is 7.10. The highest BCUT2D eigenvalue weighted by Gasteiger charge is 2.20. The molecule has 2 heterocycles. The van der Waals surface area contributed by atoms with Gasteiger partial charge in [0.2, 0.25) is 0 Å². The average molecular weight is 363 g/mol. The SMILES string of the molecule is O=C(Nc1ccc(NCc2ccccn2)cc1)c1csc2c1CCCC2. The maximum atomic E-state index is 12.6. The molecular formula is C21H21N3OS. The minimum Gasteiger partial charge on any atom is -0.379 e. The molecule has 0 bridgehead atoms. The van der Waals surface area contributed by atoms with Gasteiger partial charge in [-0.1, -0.05) is 6.07 Å². The summed E-state index contributed by atoms with van der Waals surface area (Å²) in [5.74, 6) is -0.00130. The summed E-state index contributed by atoms with van der Waals surface area (Å²) in [7, 11) is 0. The first kappa shape index (κ1) is 16.8. The zero-order valence-corrected chi connectivity index (χ0v) is 15.3. The van der Waals surface area contributed by atoms with Gasteiger partial charge < -0.3 is 10.6 Å². The molecule has 1 aliphatic rings. The zero-order chi connectivity index (χ0) is 17.8. The largest absolute Gasteiger partial charge is 0.379 e. The molecule has 4 rings (SSSR count). The van der Waals surface area contributed by atoms with Crippen molar-refractivity contribution in [1.29, 1.82) is 0 Å². The number of benzene rings is 1. The van der Waals surface area contributed by atoms with Gasteiger partial charge in [0.05, 0.1) is 17.8 Å². The molecule has 0 aliphatic heterocycles. The first-order valence-corrected chi connectivity index (χ1v) is 9.82. The van der Waals surface area contributed by atoms with Crippen LogP contribution in [-0.2, 0) is 19.4 Å². The van der Waals surface area contributed by atoms with Gasteiger partial charge >= 0.3 is 0 Å². The molecule has 0 fully saturated rings. The van der Waals surface area contributed by atoms with Crippen molar-refractivity contribution in [2.45, 2.75) is 32.2 Å². The molecule has 3 aromatic rings. The summed E-state index contributed by atoms with van der Waals surface area (Å²) >= 11 is 1.72. The average Bonchev–Trinajstić information content (AvgIpc) is 3.12. The van der Waals surface area contributed by atoms with E-state index < -0.39 is 0 Å². The summed E-state index contributed by atoms with van der Waals surface area (Å²) in [6, 6.07) is 13.7. The van der Waals surface area contributed by atoms with Crippen LogP contribution in [0, 0.1) is 0 Å². The normalized spacial score (nSPS) is 13.1. The molecule has 0 unspecified atom stereocenters. The van der Waals surface area contributed by atoms with Crippen LogP contribution in [0.25, 0.3) is 0 Å². The number of fused-ring (bicyclic) bond motifs is 1. The van der Waals surface area contributed by atoms with Crippen LogP contribution in [0.4, 0.5) is 11.4 Å². The molecule has 0 radical (unpaired) electrons. The summed E-state index contributed by atoms with van der Waals surface area (Å²) in [6.45, 7) is 0.674. The van der Waals surface area contributed by atoms with Crippen molar-refractivity contribution >= 4 is 28.6 Å². The van der Waals surface area contributed by atoms with E-state index in [1.807, 2.05) is 47.8 Å². The van der Waals surface area contributed by atoms with E-state index in [1.54, 1.807) is 17.5 Å². The third kappa shape index (κ3) is 3.78. The molecule has 5 heteroatoms. The van der Waals surface area contributed by atoms with Crippen LogP contribution in [0.3, 0.4) is 0 Å². The van der Waals surface area contributed by atoms with Gasteiger partial charge in [0.1, 0.15) is 0 Å². The second-order valence-corrected chi connectivity index (χ2v) is 7.43. The predicted molar refractivity (Wildman–Crippen MR) is 107 cm³/mol. The molecule has 0 saturated carbocycles. The first-order valence-electron chi connectivity index (χ1n) is 8.94. The van der Waals surface area contributed by atoms with Crippen LogP contribution < -0.4 is 10.6 Å². The topological polar surface area (TPSA) is 54.0 Å². The summed E-state index contributed by atoms with van der Waals surface area (Å²) in [4.78, 5) is 18.3. The van der Waals surface area contributed by atoms with Gasteiger partial charge in [0.25, 0.3) is 5.91 Å². The standard InChI is InChI=1S/C21H21N3OS/c25-21(19-14-26-20-7-2-1-6-18(19)20)24-16-10-8-15(9-11-16)23-13-17-5-3-4-12-22-17/h3-5,8-12,14,23H,1-2,6-7,13H2,(H,24,25). The zero-order valence-electron chi connectivity index (χ0n) is 14.5. The van der Waals surface area contributed by atoms with E-state index in [4.69, 9.17) is 0 Å². The fourth-order valence-corrected chi connectivity index (χ4v) is 4.38. The molecule has 26 heavy (non-hydrogen) atoms. The lowest BCUT2D eigenvalue weighted by molar-refractivity contribution is 0.102. The molecule has 2 aromatic heterocycles. The molecule has 0 atom stereocenters. The van der Waals surface area contributed by atoms with Gasteiger partial charge in [-0.25, -0.2) is 0 Å². The van der Waals surface area contributed by atoms with Crippen molar-refractivity contribution in [3.05, 3.63) is 75.7 Å². The Bertz CT molecular complexity index is 887. The number of amides is 1. The summed E-state index contributed by atoms with van der Waals surface area (Å²) in [5.41, 5.74) is 4.91. The fourth-order valence-electron chi connectivity index (χ4n) is 3.25. The van der Waals surface area contributed by atoms with E-state index in [1.165, 1.54) is 23.3 Å². The van der Waals surface area contributed by atoms with Crippen molar-refractivity contribution in [2.24, 2.45) is 0 Å². The Hall–Kier alpha value is -2.66. The Labute approximate surface area is 157 Å². The molecular weight excluding hydrogens is 342 g/mol. The smallest absolute Gasteiger partial charge is 0.256 e. The number of nitrogens with zero attached hydrogens (tertiary/aromatic N) is 1. The number of pyridine rings is 1. The van der Waals surface area contributed by atoms with Gasteiger partial charge in [-0.15, -0.1) is 11.3 Å². The summed E-state index contributed by atoms with van der Waals surface area (Å²) < 4.78 is 0. The van der Waals surface area contributed by atoms with Crippen molar-refractivity contribution < 1.29 is 4.79 Å². The quantitative estimate of drug-likeness (QED) is 0.679. The second-order valence-electron chi connectivity index (χ2n) is 6.46. The number of thiophene rings is 1. The third-order valence-electron chi connectivity index (χ3n) is 4.65. The molecule has 1 aliphatic carbocycles. The van der Waals surface area contributed by atoms with Gasteiger partial charge in [0.15, 0.2) is 0 Å². The minimum absolute atomic E-state index is 0.00130. The van der Waals surface area contributed by atoms with Crippen molar-refractivity contribution in [3.8, 4) is 0 Å². The van der Waals surface area contributed by atoms with E-state index >= 15 is 0 Å². The van der Waals surface area contributed by atoms with Crippen molar-refractivity contribution in [3.63, 3.8) is 0 Å². The molecule has 2 N–H and O–H groups in total. The molecule has 132 valence electrons. The lowest BCUT2D eigenvalue weighted by Gasteiger charge is -2.13. The number of aromatic nitrogens is 1. The Morgan fingerprint density at radius 1 is 1.04 bits per heavy atom. The maximum Gasteiger partial charge on any atom is 0.256 e. The number of nitrogens with one attached hydrogen (secondary N) is 2. The Morgan fingerprint density at radius 3 is 2.65 bits per heavy atom. The van der Waals surface area contributed by atoms with E-state index in [-0.39, 0.29) is 5.91 Å². The summed E-state index contributed by atoms with van der Waals surface area (Å²) in [5, 5.41) is 8.37. The van der Waals surface area contributed by atoms with Crippen LogP contribution in [0.2, 0.25) is 0 Å². The van der Waals surface area contributed by atoms with Crippen LogP contribution in [-0.4, -0.2) is 10.9 Å². The molecule has 4 nitrogen and oxygen atoms in total. The van der Waals surface area contributed by atoms with E-state index in [0.29, 0.717) is 6.54 Å². The number of anilines is 2. The maximum absolute atomic E-state index is 12.6.